The van der Waals surface area contributed by atoms with Gasteiger partial charge in [-0.3, -0.25) is 14.4 Å². The van der Waals surface area contributed by atoms with Crippen LogP contribution < -0.4 is 5.32 Å². The van der Waals surface area contributed by atoms with Crippen LogP contribution in [-0.4, -0.2) is 76.6 Å². The zero-order valence-corrected chi connectivity index (χ0v) is 11.6. The fraction of sp³-hybridized carbons (Fsp3) is 0.667. The highest BCUT2D eigenvalue weighted by atomic mass is 16.4. The second-order valence-electron chi connectivity index (χ2n) is 4.71. The van der Waals surface area contributed by atoms with Crippen molar-refractivity contribution in [3.8, 4) is 0 Å². The Kier molecular flexibility index (Phi) is 6.44. The average Bonchev–Trinajstić information content (AvgIpc) is 2.90. The number of carbonyl (C=O) groups excluding carboxylic acids is 2. The maximum absolute atomic E-state index is 11.7. The molecule has 0 atom stereocenters. The van der Waals surface area contributed by atoms with E-state index in [1.807, 2.05) is 0 Å². The van der Waals surface area contributed by atoms with Crippen molar-refractivity contribution in [1.82, 2.24) is 15.1 Å². The van der Waals surface area contributed by atoms with E-state index in [1.165, 1.54) is 0 Å². The summed E-state index contributed by atoms with van der Waals surface area (Å²) in [7, 11) is 0. The van der Waals surface area contributed by atoms with Crippen LogP contribution in [-0.2, 0) is 14.4 Å². The number of carboxylic acid groups (broad SMARTS) is 2. The molecule has 1 aliphatic rings. The minimum Gasteiger partial charge on any atom is -0.480 e. The number of nitrogens with one attached hydrogen (secondary N) is 1. The van der Waals surface area contributed by atoms with E-state index in [0.717, 1.165) is 25.9 Å². The van der Waals surface area contributed by atoms with Crippen molar-refractivity contribution in [2.45, 2.75) is 19.3 Å². The molecule has 1 rings (SSSR count). The van der Waals surface area contributed by atoms with Gasteiger partial charge in [-0.05, 0) is 12.8 Å². The van der Waals surface area contributed by atoms with Gasteiger partial charge in [0, 0.05) is 26.1 Å². The first kappa shape index (κ1) is 16.7. The maximum atomic E-state index is 11.7. The second-order valence-corrected chi connectivity index (χ2v) is 4.71. The molecule has 9 heteroatoms. The zero-order valence-electron chi connectivity index (χ0n) is 11.6. The highest BCUT2D eigenvalue weighted by Gasteiger charge is 2.21. The molecule has 3 amide bonds. The van der Waals surface area contributed by atoms with Crippen LogP contribution in [0, 0.1) is 0 Å². The summed E-state index contributed by atoms with van der Waals surface area (Å²) in [5.74, 6) is -2.69. The molecule has 9 nitrogen and oxygen atoms in total. The van der Waals surface area contributed by atoms with E-state index in [1.54, 1.807) is 4.90 Å². The summed E-state index contributed by atoms with van der Waals surface area (Å²) in [5.41, 5.74) is 0. The molecule has 1 aliphatic heterocycles. The number of nitrogens with zero attached hydrogens (tertiary/aromatic N) is 2. The Morgan fingerprint density at radius 1 is 1.00 bits per heavy atom. The molecule has 0 saturated carbocycles. The number of urea groups is 1. The smallest absolute Gasteiger partial charge is 0.323 e. The van der Waals surface area contributed by atoms with Crippen molar-refractivity contribution in [2.75, 3.05) is 32.7 Å². The Hall–Kier alpha value is -2.32. The fourth-order valence-electron chi connectivity index (χ4n) is 2.04. The largest absolute Gasteiger partial charge is 0.480 e. The van der Waals surface area contributed by atoms with Gasteiger partial charge in [0.2, 0.25) is 5.91 Å². The number of rotatable bonds is 7. The maximum Gasteiger partial charge on any atom is 0.323 e. The molecule has 3 N–H and O–H groups in total. The van der Waals surface area contributed by atoms with Crippen LogP contribution in [0.25, 0.3) is 0 Å². The number of carboxylic acids is 2. The van der Waals surface area contributed by atoms with Crippen LogP contribution in [0.2, 0.25) is 0 Å². The number of carbonyl (C=O) groups is 4. The normalized spacial score (nSPS) is 13.8. The van der Waals surface area contributed by atoms with Crippen molar-refractivity contribution in [3.05, 3.63) is 0 Å². The molecule has 0 aliphatic carbocycles. The van der Waals surface area contributed by atoms with E-state index in [9.17, 15) is 19.2 Å². The van der Waals surface area contributed by atoms with Crippen LogP contribution in [0.4, 0.5) is 4.79 Å². The molecule has 1 heterocycles. The van der Waals surface area contributed by atoms with E-state index < -0.39 is 31.1 Å². The van der Waals surface area contributed by atoms with Gasteiger partial charge in [-0.15, -0.1) is 0 Å². The first-order valence-corrected chi connectivity index (χ1v) is 6.64. The third kappa shape index (κ3) is 6.11. The lowest BCUT2D eigenvalue weighted by Crippen LogP contribution is -2.46. The molecular weight excluding hydrogens is 282 g/mol. The number of likely N-dealkylation sites (tertiary alicyclic amines) is 1. The summed E-state index contributed by atoms with van der Waals surface area (Å²) in [6.07, 6.45) is 2.06. The van der Waals surface area contributed by atoms with Crippen LogP contribution in [0.3, 0.4) is 0 Å². The summed E-state index contributed by atoms with van der Waals surface area (Å²) >= 11 is 0. The third-order valence-electron chi connectivity index (χ3n) is 3.01. The van der Waals surface area contributed by atoms with E-state index in [4.69, 9.17) is 10.2 Å². The predicted molar refractivity (Wildman–Crippen MR) is 70.7 cm³/mol. The van der Waals surface area contributed by atoms with Crippen LogP contribution in [0.1, 0.15) is 19.3 Å². The Morgan fingerprint density at radius 3 is 2.00 bits per heavy atom. The van der Waals surface area contributed by atoms with E-state index in [2.05, 4.69) is 5.32 Å². The van der Waals surface area contributed by atoms with Crippen molar-refractivity contribution in [1.29, 1.82) is 0 Å². The van der Waals surface area contributed by atoms with Crippen molar-refractivity contribution in [3.63, 3.8) is 0 Å². The zero-order chi connectivity index (χ0) is 15.8. The SMILES string of the molecule is O=C(O)CN(CC(=O)O)C(=O)NCCC(=O)N1CCCC1. The summed E-state index contributed by atoms with van der Waals surface area (Å²) in [6, 6.07) is -0.811. The summed E-state index contributed by atoms with van der Waals surface area (Å²) in [6.45, 7) is 0.0637. The van der Waals surface area contributed by atoms with Crippen LogP contribution >= 0.6 is 0 Å². The highest BCUT2D eigenvalue weighted by molar-refractivity contribution is 5.84. The second kappa shape index (κ2) is 8.08. The molecule has 0 unspecified atom stereocenters. The number of hydrogen-bond acceptors (Lipinski definition) is 4. The van der Waals surface area contributed by atoms with Gasteiger partial charge in [-0.1, -0.05) is 0 Å². The molecule has 0 aromatic rings. The van der Waals surface area contributed by atoms with Gasteiger partial charge >= 0.3 is 18.0 Å². The molecule has 0 bridgehead atoms. The molecule has 1 fully saturated rings. The van der Waals surface area contributed by atoms with Crippen LogP contribution in [0.15, 0.2) is 0 Å². The quantitative estimate of drug-likeness (QED) is 0.564. The molecular formula is C12H19N3O6. The van der Waals surface area contributed by atoms with Gasteiger partial charge in [0.1, 0.15) is 13.1 Å². The average molecular weight is 301 g/mol. The molecule has 0 aromatic heterocycles. The molecule has 0 radical (unpaired) electrons. The Morgan fingerprint density at radius 2 is 1.52 bits per heavy atom. The van der Waals surface area contributed by atoms with Gasteiger partial charge in [-0.25, -0.2) is 4.79 Å². The minimum atomic E-state index is -1.31. The first-order chi connectivity index (χ1) is 9.90. The predicted octanol–water partition coefficient (Wildman–Crippen LogP) is -0.820. The molecule has 21 heavy (non-hydrogen) atoms. The molecule has 118 valence electrons. The lowest BCUT2D eigenvalue weighted by atomic mass is 10.3. The van der Waals surface area contributed by atoms with Gasteiger partial charge in [0.05, 0.1) is 0 Å². The number of hydrogen-bond donors (Lipinski definition) is 3. The Balaban J connectivity index is 2.36. The summed E-state index contributed by atoms with van der Waals surface area (Å²) in [5, 5.41) is 19.6. The van der Waals surface area contributed by atoms with E-state index >= 15 is 0 Å². The first-order valence-electron chi connectivity index (χ1n) is 6.64. The molecule has 0 spiro atoms. The molecule has 0 aromatic carbocycles. The monoisotopic (exact) mass is 301 g/mol. The van der Waals surface area contributed by atoms with Gasteiger partial charge < -0.3 is 25.3 Å². The topological polar surface area (TPSA) is 127 Å². The lowest BCUT2D eigenvalue weighted by Gasteiger charge is -2.20. The summed E-state index contributed by atoms with van der Waals surface area (Å²) in [4.78, 5) is 46.9. The van der Waals surface area contributed by atoms with E-state index in [-0.39, 0.29) is 18.9 Å². The van der Waals surface area contributed by atoms with Crippen molar-refractivity contribution >= 4 is 23.9 Å². The van der Waals surface area contributed by atoms with Crippen molar-refractivity contribution < 1.29 is 29.4 Å². The highest BCUT2D eigenvalue weighted by Crippen LogP contribution is 2.08. The standard InChI is InChI=1S/C12H19N3O6/c16-9(14-5-1-2-6-14)3-4-13-12(21)15(7-10(17)18)8-11(19)20/h1-8H2,(H,13,21)(H,17,18)(H,19,20). The molecule has 1 saturated heterocycles. The van der Waals surface area contributed by atoms with E-state index in [0.29, 0.717) is 4.90 Å². The summed E-state index contributed by atoms with van der Waals surface area (Å²) < 4.78 is 0. The van der Waals surface area contributed by atoms with Crippen LogP contribution in [0.5, 0.6) is 0 Å². The third-order valence-corrected chi connectivity index (χ3v) is 3.01. The Bertz CT molecular complexity index is 403. The Labute approximate surface area is 121 Å². The lowest BCUT2D eigenvalue weighted by molar-refractivity contribution is -0.140. The van der Waals surface area contributed by atoms with Gasteiger partial charge in [-0.2, -0.15) is 0 Å². The van der Waals surface area contributed by atoms with Crippen molar-refractivity contribution in [2.24, 2.45) is 0 Å². The fourth-order valence-corrected chi connectivity index (χ4v) is 2.04. The number of aliphatic carboxylic acids is 2. The minimum absolute atomic E-state index is 0.0455. The number of amides is 3. The van der Waals surface area contributed by atoms with Gasteiger partial charge in [0.25, 0.3) is 0 Å². The van der Waals surface area contributed by atoms with Gasteiger partial charge in [0.15, 0.2) is 0 Å².